The van der Waals surface area contributed by atoms with E-state index in [9.17, 15) is 22.9 Å². The number of likely N-dealkylation sites (tertiary alicyclic amines) is 1. The topological polar surface area (TPSA) is 104 Å². The van der Waals surface area contributed by atoms with Crippen LogP contribution < -0.4 is 0 Å². The summed E-state index contributed by atoms with van der Waals surface area (Å²) in [4.78, 5) is 12.8. The highest BCUT2D eigenvalue weighted by Crippen LogP contribution is 2.42. The number of nitrogens with zero attached hydrogens (tertiary/aromatic N) is 1. The van der Waals surface area contributed by atoms with Gasteiger partial charge in [-0.2, -0.15) is 0 Å². The lowest BCUT2D eigenvalue weighted by Crippen LogP contribution is -2.46. The normalized spacial score (nSPS) is 22.1. The molecular weight excluding hydrogens is 442 g/mol. The van der Waals surface area contributed by atoms with Crippen LogP contribution in [0.5, 0.6) is 0 Å². The minimum absolute atomic E-state index is 0.0405. The van der Waals surface area contributed by atoms with E-state index in [1.165, 1.54) is 24.3 Å². The van der Waals surface area contributed by atoms with Crippen molar-refractivity contribution in [3.63, 3.8) is 0 Å². The number of ether oxygens (including phenoxy) is 1. The second-order valence-electron chi connectivity index (χ2n) is 9.54. The number of likely N-dealkylation sites (N-methyl/N-ethyl adjacent to an activating group) is 1. The SMILES string of the molecule is C[N+]1(C)CCC(OC(=O)C(O)(c2ccccc2)C2CCCC2)C1.O=S(=O)([O-])c1ccccc1. The van der Waals surface area contributed by atoms with Crippen LogP contribution in [-0.2, 0) is 25.3 Å². The fourth-order valence-electron chi connectivity index (χ4n) is 4.71. The van der Waals surface area contributed by atoms with Gasteiger partial charge in [0, 0.05) is 12.3 Å². The molecule has 0 radical (unpaired) electrons. The summed E-state index contributed by atoms with van der Waals surface area (Å²) in [6, 6.07) is 16.5. The monoisotopic (exact) mass is 475 g/mol. The lowest BCUT2D eigenvalue weighted by molar-refractivity contribution is -0.879. The average Bonchev–Trinajstić information content (AvgIpc) is 3.44. The summed E-state index contributed by atoms with van der Waals surface area (Å²) < 4.78 is 37.5. The van der Waals surface area contributed by atoms with Crippen molar-refractivity contribution < 1.29 is 32.1 Å². The number of benzene rings is 2. The minimum atomic E-state index is -4.25. The average molecular weight is 476 g/mol. The van der Waals surface area contributed by atoms with E-state index in [1.807, 2.05) is 30.3 Å². The third-order valence-corrected chi connectivity index (χ3v) is 7.38. The summed E-state index contributed by atoms with van der Waals surface area (Å²) in [5, 5.41) is 11.4. The molecule has 2 atom stereocenters. The lowest BCUT2D eigenvalue weighted by Gasteiger charge is -2.33. The standard InChI is InChI=1S/C19H28NO3.C6H6O3S/c1-20(2)13-12-17(14-20)23-18(21)19(22,16-10-6-7-11-16)15-8-4-3-5-9-15;7-10(8,9)6-4-2-1-3-5-6/h3-5,8-9,16-17,22H,6-7,10-14H2,1-2H3;1-5H,(H,7,8,9)/q+1;/p-1. The smallest absolute Gasteiger partial charge is 0.343 e. The zero-order chi connectivity index (χ0) is 24.1. The van der Waals surface area contributed by atoms with Gasteiger partial charge in [-0.1, -0.05) is 61.4 Å². The number of quaternary nitrogens is 1. The van der Waals surface area contributed by atoms with E-state index in [-0.39, 0.29) is 16.9 Å². The molecule has 1 saturated carbocycles. The predicted octanol–water partition coefficient (Wildman–Crippen LogP) is 3.05. The molecule has 2 fully saturated rings. The molecular formula is C25H33NO6S. The third kappa shape index (κ3) is 6.41. The molecule has 0 amide bonds. The van der Waals surface area contributed by atoms with E-state index >= 15 is 0 Å². The molecule has 2 unspecified atom stereocenters. The first kappa shape index (κ1) is 25.4. The summed E-state index contributed by atoms with van der Waals surface area (Å²) in [5.41, 5.74) is -0.832. The molecule has 7 nitrogen and oxygen atoms in total. The Kier molecular flexibility index (Phi) is 7.95. The second kappa shape index (κ2) is 10.3. The van der Waals surface area contributed by atoms with Gasteiger partial charge >= 0.3 is 5.97 Å². The minimum Gasteiger partial charge on any atom is -0.744 e. The molecule has 0 spiro atoms. The molecule has 1 N–H and O–H groups in total. The van der Waals surface area contributed by atoms with Gasteiger partial charge in [-0.25, -0.2) is 13.2 Å². The zero-order valence-corrected chi connectivity index (χ0v) is 20.0. The Morgan fingerprint density at radius 3 is 2.00 bits per heavy atom. The van der Waals surface area contributed by atoms with Crippen LogP contribution in [0.2, 0.25) is 0 Å². The summed E-state index contributed by atoms with van der Waals surface area (Å²) in [7, 11) is 0.0412. The van der Waals surface area contributed by atoms with Crippen LogP contribution in [-0.4, -0.2) is 61.8 Å². The van der Waals surface area contributed by atoms with Gasteiger partial charge < -0.3 is 18.9 Å². The van der Waals surface area contributed by atoms with E-state index < -0.39 is 21.7 Å². The van der Waals surface area contributed by atoms with Crippen molar-refractivity contribution in [1.82, 2.24) is 0 Å². The van der Waals surface area contributed by atoms with E-state index in [1.54, 1.807) is 6.07 Å². The molecule has 4 rings (SSSR count). The van der Waals surface area contributed by atoms with Gasteiger partial charge in [0.25, 0.3) is 0 Å². The van der Waals surface area contributed by atoms with Crippen LogP contribution in [0.25, 0.3) is 0 Å². The van der Waals surface area contributed by atoms with Crippen molar-refractivity contribution in [2.75, 3.05) is 27.2 Å². The van der Waals surface area contributed by atoms with Crippen molar-refractivity contribution in [2.45, 2.75) is 48.7 Å². The number of rotatable bonds is 5. The summed E-state index contributed by atoms with van der Waals surface area (Å²) in [6.07, 6.45) is 4.68. The number of carbonyl (C=O) groups excluding carboxylic acids is 1. The number of aliphatic hydroxyl groups is 1. The number of esters is 1. The van der Waals surface area contributed by atoms with E-state index in [0.717, 1.165) is 49.7 Å². The van der Waals surface area contributed by atoms with E-state index in [2.05, 4.69) is 14.1 Å². The van der Waals surface area contributed by atoms with E-state index in [0.29, 0.717) is 5.56 Å². The van der Waals surface area contributed by atoms with Crippen LogP contribution in [0.3, 0.4) is 0 Å². The molecule has 1 heterocycles. The Labute approximate surface area is 196 Å². The van der Waals surface area contributed by atoms with Crippen LogP contribution in [0, 0.1) is 5.92 Å². The van der Waals surface area contributed by atoms with Gasteiger partial charge in [0.1, 0.15) is 16.7 Å². The number of hydrogen-bond donors (Lipinski definition) is 1. The van der Waals surface area contributed by atoms with Crippen molar-refractivity contribution >= 4 is 16.1 Å². The highest BCUT2D eigenvalue weighted by Gasteiger charge is 2.49. The molecule has 0 bridgehead atoms. The van der Waals surface area contributed by atoms with Crippen molar-refractivity contribution in [2.24, 2.45) is 5.92 Å². The van der Waals surface area contributed by atoms with Crippen molar-refractivity contribution in [1.29, 1.82) is 0 Å². The molecule has 2 aromatic carbocycles. The second-order valence-corrected chi connectivity index (χ2v) is 10.9. The molecule has 1 aliphatic heterocycles. The first-order valence-electron chi connectivity index (χ1n) is 11.3. The van der Waals surface area contributed by atoms with Gasteiger partial charge in [-0.15, -0.1) is 0 Å². The Balaban J connectivity index is 0.000000257. The number of carbonyl (C=O) groups is 1. The largest absolute Gasteiger partial charge is 0.744 e. The van der Waals surface area contributed by atoms with Gasteiger partial charge in [-0.05, 0) is 30.5 Å². The maximum Gasteiger partial charge on any atom is 0.343 e. The fraction of sp³-hybridized carbons (Fsp3) is 0.480. The van der Waals surface area contributed by atoms with E-state index in [4.69, 9.17) is 4.74 Å². The highest BCUT2D eigenvalue weighted by molar-refractivity contribution is 7.85. The fourth-order valence-corrected chi connectivity index (χ4v) is 5.20. The number of hydrogen-bond acceptors (Lipinski definition) is 6. The Hall–Kier alpha value is -2.26. The Morgan fingerprint density at radius 2 is 1.55 bits per heavy atom. The summed E-state index contributed by atoms with van der Waals surface area (Å²) in [6.45, 7) is 1.83. The highest BCUT2D eigenvalue weighted by atomic mass is 32.2. The van der Waals surface area contributed by atoms with Gasteiger partial charge in [-0.3, -0.25) is 0 Å². The molecule has 2 aliphatic rings. The quantitative estimate of drug-likeness (QED) is 0.405. The third-order valence-electron chi connectivity index (χ3n) is 6.53. The van der Waals surface area contributed by atoms with Crippen molar-refractivity contribution in [3.05, 3.63) is 66.2 Å². The summed E-state index contributed by atoms with van der Waals surface area (Å²) in [5.74, 6) is -0.496. The first-order valence-corrected chi connectivity index (χ1v) is 12.7. The molecule has 1 aliphatic carbocycles. The molecule has 180 valence electrons. The van der Waals surface area contributed by atoms with Gasteiger partial charge in [0.15, 0.2) is 11.7 Å². The van der Waals surface area contributed by atoms with Crippen LogP contribution in [0.4, 0.5) is 0 Å². The maximum absolute atomic E-state index is 12.9. The molecule has 1 saturated heterocycles. The van der Waals surface area contributed by atoms with Gasteiger partial charge in [0.05, 0.1) is 25.5 Å². The predicted molar refractivity (Wildman–Crippen MR) is 123 cm³/mol. The Morgan fingerprint density at radius 1 is 1.00 bits per heavy atom. The molecule has 33 heavy (non-hydrogen) atoms. The molecule has 8 heteroatoms. The summed E-state index contributed by atoms with van der Waals surface area (Å²) >= 11 is 0. The lowest BCUT2D eigenvalue weighted by atomic mass is 9.80. The maximum atomic E-state index is 12.9. The molecule has 2 aromatic rings. The van der Waals surface area contributed by atoms with Crippen molar-refractivity contribution in [3.8, 4) is 0 Å². The molecule has 0 aromatic heterocycles. The van der Waals surface area contributed by atoms with Gasteiger partial charge in [0.2, 0.25) is 0 Å². The van der Waals surface area contributed by atoms with Crippen LogP contribution >= 0.6 is 0 Å². The zero-order valence-electron chi connectivity index (χ0n) is 19.2. The first-order chi connectivity index (χ1) is 15.5. The van der Waals surface area contributed by atoms with Crippen LogP contribution in [0.1, 0.15) is 37.7 Å². The van der Waals surface area contributed by atoms with Crippen LogP contribution in [0.15, 0.2) is 65.6 Å². The Bertz CT molecular complexity index is 1020.